The molecule has 0 heterocycles. The summed E-state index contributed by atoms with van der Waals surface area (Å²) in [7, 11) is 3.69. The van der Waals surface area contributed by atoms with Crippen molar-refractivity contribution in [3.05, 3.63) is 23.8 Å². The summed E-state index contributed by atoms with van der Waals surface area (Å²) in [4.78, 5) is 13.1. The molecule has 0 spiro atoms. The van der Waals surface area contributed by atoms with E-state index in [-0.39, 0.29) is 0 Å². The summed E-state index contributed by atoms with van der Waals surface area (Å²) in [6.07, 6.45) is -4.42. The lowest BCUT2D eigenvalue weighted by Gasteiger charge is -2.17. The Balaban J connectivity index is 2.67. The first kappa shape index (κ1) is 15.1. The van der Waals surface area contributed by atoms with E-state index in [1.165, 1.54) is 0 Å². The molecule has 106 valence electrons. The zero-order valence-electron chi connectivity index (χ0n) is 10.9. The van der Waals surface area contributed by atoms with Crippen molar-refractivity contribution in [1.82, 2.24) is 5.32 Å². The minimum atomic E-state index is -4.42. The molecule has 0 aliphatic heterocycles. The van der Waals surface area contributed by atoms with Gasteiger partial charge in [0.25, 0.3) is 0 Å². The van der Waals surface area contributed by atoms with Gasteiger partial charge < -0.3 is 15.5 Å². The molecule has 7 heteroatoms. The molecule has 0 saturated carbocycles. The molecule has 0 aliphatic carbocycles. The van der Waals surface area contributed by atoms with E-state index >= 15 is 0 Å². The van der Waals surface area contributed by atoms with Gasteiger partial charge in [-0.2, -0.15) is 13.2 Å². The van der Waals surface area contributed by atoms with Crippen molar-refractivity contribution in [2.45, 2.75) is 13.1 Å². The van der Waals surface area contributed by atoms with Crippen molar-refractivity contribution in [3.63, 3.8) is 0 Å². The zero-order chi connectivity index (χ0) is 14.6. The van der Waals surface area contributed by atoms with Crippen molar-refractivity contribution in [2.75, 3.05) is 30.9 Å². The van der Waals surface area contributed by atoms with Crippen LogP contribution in [0.3, 0.4) is 0 Å². The predicted molar refractivity (Wildman–Crippen MR) is 68.6 cm³/mol. The van der Waals surface area contributed by atoms with E-state index < -0.39 is 18.8 Å². The molecule has 4 nitrogen and oxygen atoms in total. The summed E-state index contributed by atoms with van der Waals surface area (Å²) >= 11 is 0. The average Bonchev–Trinajstić information content (AvgIpc) is 2.28. The number of amides is 2. The molecule has 1 aromatic carbocycles. The Morgan fingerprint density at radius 3 is 2.47 bits per heavy atom. The van der Waals surface area contributed by atoms with E-state index in [4.69, 9.17) is 0 Å². The van der Waals surface area contributed by atoms with Crippen LogP contribution in [0.25, 0.3) is 0 Å². The fraction of sp³-hybridized carbons (Fsp3) is 0.417. The number of halogens is 3. The number of hydrogen-bond donors (Lipinski definition) is 2. The summed E-state index contributed by atoms with van der Waals surface area (Å²) in [5, 5.41) is 4.11. The number of aryl methyl sites for hydroxylation is 1. The van der Waals surface area contributed by atoms with Gasteiger partial charge in [0.15, 0.2) is 0 Å². The first-order valence-electron chi connectivity index (χ1n) is 5.58. The second kappa shape index (κ2) is 5.81. The highest BCUT2D eigenvalue weighted by Gasteiger charge is 2.27. The molecule has 0 bridgehead atoms. The van der Waals surface area contributed by atoms with Gasteiger partial charge in [-0.3, -0.25) is 0 Å². The molecule has 0 aromatic heterocycles. The maximum Gasteiger partial charge on any atom is 0.405 e. The molecule has 2 N–H and O–H groups in total. The standard InChI is InChI=1S/C12H16F3N3O/c1-8-4-5-9(6-10(8)18(2)3)17-11(19)16-7-12(13,14)15/h4-6H,7H2,1-3H3,(H2,16,17,19). The van der Waals surface area contributed by atoms with Crippen molar-refractivity contribution in [3.8, 4) is 0 Å². The Hall–Kier alpha value is -1.92. The Morgan fingerprint density at radius 2 is 1.95 bits per heavy atom. The quantitative estimate of drug-likeness (QED) is 0.891. The Bertz CT molecular complexity index is 458. The van der Waals surface area contributed by atoms with Crippen LogP contribution in [0.4, 0.5) is 29.3 Å². The van der Waals surface area contributed by atoms with Gasteiger partial charge in [0, 0.05) is 25.5 Å². The number of benzene rings is 1. The molecular weight excluding hydrogens is 259 g/mol. The smallest absolute Gasteiger partial charge is 0.377 e. The number of rotatable bonds is 3. The average molecular weight is 275 g/mol. The second-order valence-corrected chi connectivity index (χ2v) is 4.32. The van der Waals surface area contributed by atoms with Gasteiger partial charge in [0.2, 0.25) is 0 Å². The fourth-order valence-corrected chi connectivity index (χ4v) is 1.52. The highest BCUT2D eigenvalue weighted by Crippen LogP contribution is 2.22. The van der Waals surface area contributed by atoms with Crippen LogP contribution in [-0.4, -0.2) is 32.8 Å². The summed E-state index contributed by atoms with van der Waals surface area (Å²) in [6, 6.07) is 4.23. The molecule has 0 radical (unpaired) electrons. The predicted octanol–water partition coefficient (Wildman–Crippen LogP) is 2.74. The Kier molecular flexibility index (Phi) is 4.63. The van der Waals surface area contributed by atoms with Gasteiger partial charge in [0.1, 0.15) is 6.54 Å². The lowest BCUT2D eigenvalue weighted by Crippen LogP contribution is -2.36. The monoisotopic (exact) mass is 275 g/mol. The highest BCUT2D eigenvalue weighted by atomic mass is 19.4. The number of anilines is 2. The number of alkyl halides is 3. The third-order valence-corrected chi connectivity index (χ3v) is 2.40. The summed E-state index contributed by atoms with van der Waals surface area (Å²) in [5.74, 6) is 0. The summed E-state index contributed by atoms with van der Waals surface area (Å²) in [5.41, 5.74) is 2.33. The minimum absolute atomic E-state index is 0.439. The lowest BCUT2D eigenvalue weighted by molar-refractivity contribution is -0.122. The molecule has 0 atom stereocenters. The van der Waals surface area contributed by atoms with E-state index in [2.05, 4.69) is 5.32 Å². The van der Waals surface area contributed by atoms with Gasteiger partial charge in [-0.05, 0) is 24.6 Å². The van der Waals surface area contributed by atoms with E-state index in [0.717, 1.165) is 11.3 Å². The third-order valence-electron chi connectivity index (χ3n) is 2.40. The number of nitrogens with one attached hydrogen (secondary N) is 2. The normalized spacial score (nSPS) is 11.1. The van der Waals surface area contributed by atoms with Crippen molar-refractivity contribution in [2.24, 2.45) is 0 Å². The van der Waals surface area contributed by atoms with E-state index in [1.807, 2.05) is 25.9 Å². The van der Waals surface area contributed by atoms with Gasteiger partial charge in [-0.1, -0.05) is 6.07 Å². The highest BCUT2D eigenvalue weighted by molar-refractivity contribution is 5.90. The van der Waals surface area contributed by atoms with Gasteiger partial charge in [-0.25, -0.2) is 4.79 Å². The maximum absolute atomic E-state index is 11.9. The van der Waals surface area contributed by atoms with Crippen LogP contribution >= 0.6 is 0 Å². The van der Waals surface area contributed by atoms with Crippen LogP contribution in [-0.2, 0) is 0 Å². The molecule has 1 aromatic rings. The molecule has 0 fully saturated rings. The van der Waals surface area contributed by atoms with Crippen LogP contribution < -0.4 is 15.5 Å². The SMILES string of the molecule is Cc1ccc(NC(=O)NCC(F)(F)F)cc1N(C)C. The molecule has 0 unspecified atom stereocenters. The summed E-state index contributed by atoms with van der Waals surface area (Å²) in [6.45, 7) is 0.550. The fourth-order valence-electron chi connectivity index (χ4n) is 1.52. The lowest BCUT2D eigenvalue weighted by atomic mass is 10.1. The van der Waals surface area contributed by atoms with Crippen molar-refractivity contribution in [1.29, 1.82) is 0 Å². The van der Waals surface area contributed by atoms with Crippen LogP contribution in [0.1, 0.15) is 5.56 Å². The van der Waals surface area contributed by atoms with E-state index in [1.54, 1.807) is 23.5 Å². The number of hydrogen-bond acceptors (Lipinski definition) is 2. The van der Waals surface area contributed by atoms with Gasteiger partial charge in [-0.15, -0.1) is 0 Å². The van der Waals surface area contributed by atoms with Crippen molar-refractivity contribution < 1.29 is 18.0 Å². The molecule has 1 rings (SSSR count). The zero-order valence-corrected chi connectivity index (χ0v) is 10.9. The maximum atomic E-state index is 11.9. The number of urea groups is 1. The number of carbonyl (C=O) groups excluding carboxylic acids is 1. The third kappa shape index (κ3) is 5.07. The molecule has 0 aliphatic rings. The molecule has 0 saturated heterocycles. The van der Waals surface area contributed by atoms with Gasteiger partial charge in [0.05, 0.1) is 0 Å². The minimum Gasteiger partial charge on any atom is -0.377 e. The van der Waals surface area contributed by atoms with Crippen LogP contribution in [0.5, 0.6) is 0 Å². The van der Waals surface area contributed by atoms with Gasteiger partial charge >= 0.3 is 12.2 Å². The number of nitrogens with zero attached hydrogens (tertiary/aromatic N) is 1. The molecular formula is C12H16F3N3O. The first-order valence-corrected chi connectivity index (χ1v) is 5.58. The van der Waals surface area contributed by atoms with Crippen LogP contribution in [0.2, 0.25) is 0 Å². The Labute approximate surface area is 109 Å². The molecule has 19 heavy (non-hydrogen) atoms. The number of carbonyl (C=O) groups is 1. The second-order valence-electron chi connectivity index (χ2n) is 4.32. The van der Waals surface area contributed by atoms with E-state index in [0.29, 0.717) is 5.69 Å². The van der Waals surface area contributed by atoms with E-state index in [9.17, 15) is 18.0 Å². The Morgan fingerprint density at radius 1 is 1.32 bits per heavy atom. The molecule has 2 amide bonds. The van der Waals surface area contributed by atoms with Crippen LogP contribution in [0, 0.1) is 6.92 Å². The summed E-state index contributed by atoms with van der Waals surface area (Å²) < 4.78 is 35.8. The van der Waals surface area contributed by atoms with Crippen LogP contribution in [0.15, 0.2) is 18.2 Å². The topological polar surface area (TPSA) is 44.4 Å². The van der Waals surface area contributed by atoms with Crippen molar-refractivity contribution >= 4 is 17.4 Å². The largest absolute Gasteiger partial charge is 0.405 e. The first-order chi connectivity index (χ1) is 8.69.